The molecule has 0 radical (unpaired) electrons. The SMILES string of the molecule is COC(=O)Nc1c(N)nc(-c2nc(Cc3c(F)ccc(F)c3F)n3ncccc23)nc1N. The molecule has 13 heteroatoms. The Morgan fingerprint density at radius 1 is 1.09 bits per heavy atom. The van der Waals surface area contributed by atoms with E-state index < -0.39 is 35.5 Å². The zero-order valence-corrected chi connectivity index (χ0v) is 16.4. The molecule has 3 heterocycles. The van der Waals surface area contributed by atoms with Gasteiger partial charge in [0.25, 0.3) is 0 Å². The monoisotopic (exact) mass is 444 g/mol. The molecule has 4 aromatic rings. The third kappa shape index (κ3) is 3.59. The van der Waals surface area contributed by atoms with E-state index >= 15 is 0 Å². The lowest BCUT2D eigenvalue weighted by molar-refractivity contribution is 0.187. The van der Waals surface area contributed by atoms with Crippen molar-refractivity contribution in [3.8, 4) is 11.5 Å². The van der Waals surface area contributed by atoms with E-state index in [0.717, 1.165) is 13.2 Å². The molecule has 4 rings (SSSR count). The number of nitrogens with zero attached hydrogens (tertiary/aromatic N) is 5. The zero-order valence-electron chi connectivity index (χ0n) is 16.4. The number of amides is 1. The van der Waals surface area contributed by atoms with Crippen LogP contribution < -0.4 is 16.8 Å². The van der Waals surface area contributed by atoms with Crippen molar-refractivity contribution in [3.63, 3.8) is 0 Å². The van der Waals surface area contributed by atoms with E-state index in [2.05, 4.69) is 30.1 Å². The van der Waals surface area contributed by atoms with Crippen molar-refractivity contribution in [2.45, 2.75) is 6.42 Å². The summed E-state index contributed by atoms with van der Waals surface area (Å²) in [6.07, 6.45) is 0.214. The Kier molecular flexibility index (Phi) is 5.22. The van der Waals surface area contributed by atoms with Crippen LogP contribution in [-0.2, 0) is 11.2 Å². The fourth-order valence-electron chi connectivity index (χ4n) is 3.04. The highest BCUT2D eigenvalue weighted by molar-refractivity contribution is 5.93. The minimum atomic E-state index is -1.32. The fraction of sp³-hybridized carbons (Fsp3) is 0.105. The number of halogens is 3. The number of hydrogen-bond donors (Lipinski definition) is 3. The molecule has 1 aromatic carbocycles. The molecule has 32 heavy (non-hydrogen) atoms. The van der Waals surface area contributed by atoms with Crippen LogP contribution >= 0.6 is 0 Å². The predicted molar refractivity (Wildman–Crippen MR) is 108 cm³/mol. The Morgan fingerprint density at radius 2 is 1.78 bits per heavy atom. The van der Waals surface area contributed by atoms with Gasteiger partial charge in [0.05, 0.1) is 12.6 Å². The van der Waals surface area contributed by atoms with Gasteiger partial charge in [0.2, 0.25) is 0 Å². The number of fused-ring (bicyclic) bond motifs is 1. The van der Waals surface area contributed by atoms with Crippen molar-refractivity contribution < 1.29 is 22.7 Å². The number of benzene rings is 1. The molecule has 1 amide bonds. The Hall–Kier alpha value is -4.42. The number of hydrogen-bond acceptors (Lipinski definition) is 8. The number of ether oxygens (including phenoxy) is 1. The Labute approximate surface area is 178 Å². The lowest BCUT2D eigenvalue weighted by Gasteiger charge is -2.10. The van der Waals surface area contributed by atoms with Gasteiger partial charge in [0.15, 0.2) is 29.1 Å². The maximum Gasteiger partial charge on any atom is 0.411 e. The number of imidazole rings is 1. The van der Waals surface area contributed by atoms with Crippen LogP contribution in [0, 0.1) is 17.5 Å². The first-order valence-corrected chi connectivity index (χ1v) is 9.03. The average Bonchev–Trinajstić information content (AvgIpc) is 3.14. The zero-order chi connectivity index (χ0) is 23.0. The maximum absolute atomic E-state index is 14.2. The van der Waals surface area contributed by atoms with Gasteiger partial charge in [0, 0.05) is 18.2 Å². The van der Waals surface area contributed by atoms with Crippen molar-refractivity contribution in [2.75, 3.05) is 23.9 Å². The van der Waals surface area contributed by atoms with Crippen molar-refractivity contribution in [1.82, 2.24) is 24.6 Å². The summed E-state index contributed by atoms with van der Waals surface area (Å²) in [5.41, 5.74) is 11.8. The van der Waals surface area contributed by atoms with Crippen LogP contribution in [-0.4, -0.2) is 37.8 Å². The molecule has 0 spiro atoms. The van der Waals surface area contributed by atoms with E-state index in [1.807, 2.05) is 0 Å². The van der Waals surface area contributed by atoms with Gasteiger partial charge >= 0.3 is 6.09 Å². The molecule has 0 atom stereocenters. The molecule has 0 unspecified atom stereocenters. The smallest absolute Gasteiger partial charge is 0.411 e. The van der Waals surface area contributed by atoms with Gasteiger partial charge in [-0.05, 0) is 24.3 Å². The fourth-order valence-corrected chi connectivity index (χ4v) is 3.04. The molecular weight excluding hydrogens is 429 g/mol. The number of methoxy groups -OCH3 is 1. The van der Waals surface area contributed by atoms with Crippen LogP contribution in [0.25, 0.3) is 17.0 Å². The van der Waals surface area contributed by atoms with Gasteiger partial charge in [-0.1, -0.05) is 0 Å². The molecule has 0 bridgehead atoms. The van der Waals surface area contributed by atoms with Crippen molar-refractivity contribution >= 4 is 28.9 Å². The number of anilines is 3. The van der Waals surface area contributed by atoms with E-state index in [-0.39, 0.29) is 34.7 Å². The normalized spacial score (nSPS) is 11.0. The molecule has 0 aliphatic carbocycles. The summed E-state index contributed by atoms with van der Waals surface area (Å²) in [5, 5.41) is 6.45. The summed E-state index contributed by atoms with van der Waals surface area (Å²) in [5.74, 6) is -3.68. The Bertz CT molecular complexity index is 1340. The van der Waals surface area contributed by atoms with Crippen LogP contribution in [0.15, 0.2) is 30.5 Å². The van der Waals surface area contributed by atoms with Crippen LogP contribution in [0.5, 0.6) is 0 Å². The number of carbonyl (C=O) groups is 1. The lowest BCUT2D eigenvalue weighted by Crippen LogP contribution is -2.16. The average molecular weight is 444 g/mol. The van der Waals surface area contributed by atoms with E-state index in [1.165, 1.54) is 10.7 Å². The number of nitrogens with two attached hydrogens (primary N) is 2. The standard InChI is InChI=1S/C19H15F3N8O2/c1-32-19(31)27-15-16(23)28-18(29-17(15)24)14-11-3-2-6-25-30(11)12(26-14)7-8-9(20)4-5-10(21)13(8)22/h2-6H,7H2,1H3,(H,27,31)(H4,23,24,28,29). The second kappa shape index (κ2) is 8.02. The topological polar surface area (TPSA) is 146 Å². The summed E-state index contributed by atoms with van der Waals surface area (Å²) in [6.45, 7) is 0. The summed E-state index contributed by atoms with van der Waals surface area (Å²) in [6, 6.07) is 4.75. The minimum Gasteiger partial charge on any atom is -0.453 e. The van der Waals surface area contributed by atoms with E-state index in [9.17, 15) is 18.0 Å². The molecule has 0 aliphatic rings. The van der Waals surface area contributed by atoms with Gasteiger partial charge in [-0.3, -0.25) is 5.32 Å². The first-order chi connectivity index (χ1) is 15.3. The molecule has 164 valence electrons. The Balaban J connectivity index is 1.83. The largest absolute Gasteiger partial charge is 0.453 e. The highest BCUT2D eigenvalue weighted by atomic mass is 19.2. The van der Waals surface area contributed by atoms with E-state index in [4.69, 9.17) is 11.5 Å². The summed E-state index contributed by atoms with van der Waals surface area (Å²) < 4.78 is 47.8. The molecule has 0 saturated heterocycles. The number of nitrogens with one attached hydrogen (secondary N) is 1. The first kappa shape index (κ1) is 20.8. The van der Waals surface area contributed by atoms with Gasteiger partial charge in [0.1, 0.15) is 23.0 Å². The summed E-state index contributed by atoms with van der Waals surface area (Å²) in [4.78, 5) is 24.0. The second-order valence-corrected chi connectivity index (χ2v) is 6.51. The third-order valence-electron chi connectivity index (χ3n) is 4.54. The maximum atomic E-state index is 14.2. The second-order valence-electron chi connectivity index (χ2n) is 6.51. The molecule has 0 saturated carbocycles. The van der Waals surface area contributed by atoms with Gasteiger partial charge < -0.3 is 16.2 Å². The predicted octanol–water partition coefficient (Wildman–Crippen LogP) is 2.54. The highest BCUT2D eigenvalue weighted by Gasteiger charge is 2.22. The van der Waals surface area contributed by atoms with Gasteiger partial charge in [-0.2, -0.15) is 5.10 Å². The molecule has 5 N–H and O–H groups in total. The molecule has 0 fully saturated rings. The van der Waals surface area contributed by atoms with Crippen molar-refractivity contribution in [1.29, 1.82) is 0 Å². The van der Waals surface area contributed by atoms with Crippen LogP contribution in [0.1, 0.15) is 11.4 Å². The van der Waals surface area contributed by atoms with Crippen LogP contribution in [0.2, 0.25) is 0 Å². The highest BCUT2D eigenvalue weighted by Crippen LogP contribution is 2.29. The number of aromatic nitrogens is 5. The number of carbonyl (C=O) groups excluding carboxylic acids is 1. The molecular formula is C19H15F3N8O2. The summed E-state index contributed by atoms with van der Waals surface area (Å²) in [7, 11) is 1.16. The summed E-state index contributed by atoms with van der Waals surface area (Å²) >= 11 is 0. The molecule has 10 nitrogen and oxygen atoms in total. The van der Waals surface area contributed by atoms with E-state index in [1.54, 1.807) is 12.1 Å². The Morgan fingerprint density at radius 3 is 2.47 bits per heavy atom. The number of rotatable bonds is 4. The van der Waals surface area contributed by atoms with Gasteiger partial charge in [-0.15, -0.1) is 0 Å². The lowest BCUT2D eigenvalue weighted by atomic mass is 10.1. The van der Waals surface area contributed by atoms with E-state index in [0.29, 0.717) is 11.6 Å². The van der Waals surface area contributed by atoms with Crippen molar-refractivity contribution in [3.05, 3.63) is 59.3 Å². The first-order valence-electron chi connectivity index (χ1n) is 9.03. The van der Waals surface area contributed by atoms with Crippen LogP contribution in [0.4, 0.5) is 35.3 Å². The minimum absolute atomic E-state index is 0.0210. The van der Waals surface area contributed by atoms with Gasteiger partial charge in [-0.25, -0.2) is 37.4 Å². The molecule has 3 aromatic heterocycles. The van der Waals surface area contributed by atoms with Crippen molar-refractivity contribution in [2.24, 2.45) is 0 Å². The number of nitrogen functional groups attached to an aromatic ring is 2. The quantitative estimate of drug-likeness (QED) is 0.407. The molecule has 0 aliphatic heterocycles. The third-order valence-corrected chi connectivity index (χ3v) is 4.54. The van der Waals surface area contributed by atoms with Crippen LogP contribution in [0.3, 0.4) is 0 Å².